The zero-order valence-electron chi connectivity index (χ0n) is 8.12. The number of hydrogen-bond donors (Lipinski definition) is 0. The van der Waals surface area contributed by atoms with E-state index in [0.717, 1.165) is 0 Å². The zero-order chi connectivity index (χ0) is 11.1. The molecule has 1 fully saturated rings. The van der Waals surface area contributed by atoms with Gasteiger partial charge in [-0.05, 0) is 24.6 Å². The van der Waals surface area contributed by atoms with E-state index in [2.05, 4.69) is 4.74 Å². The molecule has 0 spiro atoms. The molecule has 4 heteroatoms. The number of rotatable bonds is 1. The lowest BCUT2D eigenvalue weighted by Crippen LogP contribution is -2.27. The SMILES string of the molecule is CC1(c2cccc(F)c2)CC(=O)OC1=O. The third-order valence-corrected chi connectivity index (χ3v) is 2.62. The summed E-state index contributed by atoms with van der Waals surface area (Å²) in [6.07, 6.45) is -0.0325. The molecule has 1 saturated heterocycles. The van der Waals surface area contributed by atoms with Crippen LogP contribution in [0.2, 0.25) is 0 Å². The van der Waals surface area contributed by atoms with Gasteiger partial charge in [-0.25, -0.2) is 4.39 Å². The molecular formula is C11H9FO3. The molecule has 1 aromatic rings. The number of carbonyl (C=O) groups is 2. The number of halogens is 1. The van der Waals surface area contributed by atoms with Crippen molar-refractivity contribution in [2.75, 3.05) is 0 Å². The van der Waals surface area contributed by atoms with Crippen molar-refractivity contribution in [1.82, 2.24) is 0 Å². The Morgan fingerprint density at radius 2 is 2.13 bits per heavy atom. The second-order valence-corrected chi connectivity index (χ2v) is 3.78. The molecule has 1 aliphatic heterocycles. The van der Waals surface area contributed by atoms with Crippen LogP contribution in [0.4, 0.5) is 4.39 Å². The van der Waals surface area contributed by atoms with Gasteiger partial charge in [-0.2, -0.15) is 0 Å². The quantitative estimate of drug-likeness (QED) is 0.519. The maximum Gasteiger partial charge on any atom is 0.324 e. The summed E-state index contributed by atoms with van der Waals surface area (Å²) in [7, 11) is 0. The molecule has 0 amide bonds. The van der Waals surface area contributed by atoms with Crippen LogP contribution in [0, 0.1) is 5.82 Å². The van der Waals surface area contributed by atoms with Crippen LogP contribution >= 0.6 is 0 Å². The lowest BCUT2D eigenvalue weighted by Gasteiger charge is -2.17. The highest BCUT2D eigenvalue weighted by Crippen LogP contribution is 2.34. The average Bonchev–Trinajstić information content (AvgIpc) is 2.42. The van der Waals surface area contributed by atoms with Crippen molar-refractivity contribution in [2.24, 2.45) is 0 Å². The molecule has 1 unspecified atom stereocenters. The molecule has 0 saturated carbocycles. The van der Waals surface area contributed by atoms with Gasteiger partial charge in [0.1, 0.15) is 11.2 Å². The number of hydrogen-bond acceptors (Lipinski definition) is 3. The Labute approximate surface area is 85.9 Å². The summed E-state index contributed by atoms with van der Waals surface area (Å²) in [5, 5.41) is 0. The summed E-state index contributed by atoms with van der Waals surface area (Å²) in [4.78, 5) is 22.4. The third kappa shape index (κ3) is 1.52. The highest BCUT2D eigenvalue weighted by Gasteiger charge is 2.46. The molecule has 0 aromatic heterocycles. The van der Waals surface area contributed by atoms with Gasteiger partial charge in [-0.1, -0.05) is 12.1 Å². The summed E-state index contributed by atoms with van der Waals surface area (Å²) in [6, 6.07) is 5.66. The van der Waals surface area contributed by atoms with Gasteiger partial charge >= 0.3 is 11.9 Å². The van der Waals surface area contributed by atoms with Gasteiger partial charge in [-0.15, -0.1) is 0 Å². The van der Waals surface area contributed by atoms with Crippen LogP contribution in [-0.2, 0) is 19.7 Å². The molecule has 2 rings (SSSR count). The zero-order valence-corrected chi connectivity index (χ0v) is 8.12. The minimum absolute atomic E-state index is 0.0325. The maximum absolute atomic E-state index is 13.0. The fourth-order valence-electron chi connectivity index (χ4n) is 1.66. The first-order valence-electron chi connectivity index (χ1n) is 4.53. The standard InChI is InChI=1S/C11H9FO3/c1-11(6-9(13)15-10(11)14)7-3-2-4-8(12)5-7/h2-5H,6H2,1H3. The molecule has 0 radical (unpaired) electrons. The van der Waals surface area contributed by atoms with Gasteiger partial charge in [0.2, 0.25) is 0 Å². The minimum Gasteiger partial charge on any atom is -0.392 e. The molecule has 1 heterocycles. The van der Waals surface area contributed by atoms with Crippen LogP contribution in [0.25, 0.3) is 0 Å². The van der Waals surface area contributed by atoms with Gasteiger partial charge in [0.05, 0.1) is 6.42 Å². The first-order valence-corrected chi connectivity index (χ1v) is 4.53. The van der Waals surface area contributed by atoms with Gasteiger partial charge in [-0.3, -0.25) is 9.59 Å². The van der Waals surface area contributed by atoms with E-state index < -0.39 is 23.2 Å². The maximum atomic E-state index is 13.0. The van der Waals surface area contributed by atoms with Crippen molar-refractivity contribution >= 4 is 11.9 Å². The van der Waals surface area contributed by atoms with Crippen LogP contribution in [0.1, 0.15) is 18.9 Å². The van der Waals surface area contributed by atoms with E-state index in [1.807, 2.05) is 0 Å². The van der Waals surface area contributed by atoms with E-state index in [1.54, 1.807) is 13.0 Å². The number of carbonyl (C=O) groups excluding carboxylic acids is 2. The lowest BCUT2D eigenvalue weighted by atomic mass is 9.81. The predicted octanol–water partition coefficient (Wildman–Crippen LogP) is 1.56. The fourth-order valence-corrected chi connectivity index (χ4v) is 1.66. The van der Waals surface area contributed by atoms with Crippen molar-refractivity contribution in [3.05, 3.63) is 35.6 Å². The van der Waals surface area contributed by atoms with Crippen LogP contribution in [0.5, 0.6) is 0 Å². The Bertz CT molecular complexity index is 441. The van der Waals surface area contributed by atoms with E-state index in [0.29, 0.717) is 5.56 Å². The summed E-state index contributed by atoms with van der Waals surface area (Å²) in [5.41, 5.74) is -0.572. The van der Waals surface area contributed by atoms with Crippen LogP contribution < -0.4 is 0 Å². The van der Waals surface area contributed by atoms with Crippen molar-refractivity contribution in [3.63, 3.8) is 0 Å². The fraction of sp³-hybridized carbons (Fsp3) is 0.273. The summed E-state index contributed by atoms with van der Waals surface area (Å²) < 4.78 is 17.4. The summed E-state index contributed by atoms with van der Waals surface area (Å²) in [6.45, 7) is 1.58. The molecule has 0 bridgehead atoms. The topological polar surface area (TPSA) is 43.4 Å². The molecule has 0 aliphatic carbocycles. The Kier molecular flexibility index (Phi) is 2.07. The Hall–Kier alpha value is -1.71. The van der Waals surface area contributed by atoms with Gasteiger partial charge in [0.25, 0.3) is 0 Å². The van der Waals surface area contributed by atoms with E-state index in [1.165, 1.54) is 18.2 Å². The van der Waals surface area contributed by atoms with Gasteiger partial charge < -0.3 is 4.74 Å². The molecule has 1 aliphatic rings. The van der Waals surface area contributed by atoms with E-state index in [-0.39, 0.29) is 6.42 Å². The average molecular weight is 208 g/mol. The number of esters is 2. The summed E-state index contributed by atoms with van der Waals surface area (Å²) >= 11 is 0. The van der Waals surface area contributed by atoms with E-state index in [4.69, 9.17) is 0 Å². The van der Waals surface area contributed by atoms with Crippen molar-refractivity contribution in [1.29, 1.82) is 0 Å². The summed E-state index contributed by atoms with van der Waals surface area (Å²) in [5.74, 6) is -1.61. The Morgan fingerprint density at radius 1 is 1.40 bits per heavy atom. The largest absolute Gasteiger partial charge is 0.392 e. The van der Waals surface area contributed by atoms with Crippen molar-refractivity contribution < 1.29 is 18.7 Å². The van der Waals surface area contributed by atoms with Gasteiger partial charge in [0, 0.05) is 0 Å². The minimum atomic E-state index is -1.04. The second-order valence-electron chi connectivity index (χ2n) is 3.78. The molecule has 15 heavy (non-hydrogen) atoms. The highest BCUT2D eigenvalue weighted by atomic mass is 19.1. The Balaban J connectivity index is 2.46. The van der Waals surface area contributed by atoms with Crippen LogP contribution in [0.15, 0.2) is 24.3 Å². The third-order valence-electron chi connectivity index (χ3n) is 2.62. The number of ether oxygens (including phenoxy) is 1. The second kappa shape index (κ2) is 3.15. The van der Waals surface area contributed by atoms with Crippen LogP contribution in [-0.4, -0.2) is 11.9 Å². The van der Waals surface area contributed by atoms with Crippen molar-refractivity contribution in [2.45, 2.75) is 18.8 Å². The first kappa shape index (κ1) is 9.83. The normalized spacial score (nSPS) is 25.5. The molecule has 1 aromatic carbocycles. The smallest absolute Gasteiger partial charge is 0.324 e. The molecule has 0 N–H and O–H groups in total. The molecular weight excluding hydrogens is 199 g/mol. The van der Waals surface area contributed by atoms with Crippen LogP contribution in [0.3, 0.4) is 0 Å². The number of benzene rings is 1. The van der Waals surface area contributed by atoms with Gasteiger partial charge in [0.15, 0.2) is 0 Å². The highest BCUT2D eigenvalue weighted by molar-refractivity contribution is 6.00. The number of cyclic esters (lactones) is 2. The first-order chi connectivity index (χ1) is 7.02. The van der Waals surface area contributed by atoms with E-state index in [9.17, 15) is 14.0 Å². The Morgan fingerprint density at radius 3 is 2.67 bits per heavy atom. The lowest BCUT2D eigenvalue weighted by molar-refractivity contribution is -0.153. The molecule has 1 atom stereocenters. The molecule has 78 valence electrons. The van der Waals surface area contributed by atoms with E-state index >= 15 is 0 Å². The van der Waals surface area contributed by atoms with Crippen molar-refractivity contribution in [3.8, 4) is 0 Å². The monoisotopic (exact) mass is 208 g/mol. The molecule has 3 nitrogen and oxygen atoms in total. The predicted molar refractivity (Wildman–Crippen MR) is 49.5 cm³/mol.